The summed E-state index contributed by atoms with van der Waals surface area (Å²) in [5.74, 6) is -0.233. The molecule has 0 spiro atoms. The monoisotopic (exact) mass is 296 g/mol. The van der Waals surface area contributed by atoms with Crippen LogP contribution >= 0.6 is 0 Å². The standard InChI is InChI=1S/C15H21FN2O3/c1-15(8-17,9-4-5-9)18-14(19)10-6-12(20-2)13(21-3)7-11(10)16/h6-7,9H,4-5,8,17H2,1-3H3,(H,18,19). The number of hydrogen-bond donors (Lipinski definition) is 2. The topological polar surface area (TPSA) is 73.6 Å². The van der Waals surface area contributed by atoms with E-state index in [0.717, 1.165) is 18.9 Å². The van der Waals surface area contributed by atoms with Crippen molar-refractivity contribution in [3.63, 3.8) is 0 Å². The number of amides is 1. The fraction of sp³-hybridized carbons (Fsp3) is 0.533. The molecule has 1 saturated carbocycles. The molecule has 1 aromatic carbocycles. The van der Waals surface area contributed by atoms with Crippen LogP contribution in [0.15, 0.2) is 12.1 Å². The summed E-state index contributed by atoms with van der Waals surface area (Å²) in [6.45, 7) is 2.21. The van der Waals surface area contributed by atoms with Crippen molar-refractivity contribution in [1.82, 2.24) is 5.32 Å². The lowest BCUT2D eigenvalue weighted by atomic mass is 9.95. The van der Waals surface area contributed by atoms with Crippen LogP contribution < -0.4 is 20.5 Å². The van der Waals surface area contributed by atoms with Crippen molar-refractivity contribution < 1.29 is 18.7 Å². The van der Waals surface area contributed by atoms with Gasteiger partial charge >= 0.3 is 0 Å². The highest BCUT2D eigenvalue weighted by molar-refractivity contribution is 5.95. The minimum absolute atomic E-state index is 0.0759. The molecule has 21 heavy (non-hydrogen) atoms. The molecule has 1 unspecified atom stereocenters. The molecule has 6 heteroatoms. The number of nitrogens with one attached hydrogen (secondary N) is 1. The molecule has 1 aliphatic carbocycles. The largest absolute Gasteiger partial charge is 0.493 e. The maximum Gasteiger partial charge on any atom is 0.254 e. The quantitative estimate of drug-likeness (QED) is 0.838. The third kappa shape index (κ3) is 3.10. The number of halogens is 1. The van der Waals surface area contributed by atoms with Gasteiger partial charge in [0.2, 0.25) is 0 Å². The molecule has 0 heterocycles. The second-order valence-electron chi connectivity index (χ2n) is 5.54. The van der Waals surface area contributed by atoms with Crippen LogP contribution in [0.2, 0.25) is 0 Å². The highest BCUT2D eigenvalue weighted by Gasteiger charge is 2.42. The number of methoxy groups -OCH3 is 2. The van der Waals surface area contributed by atoms with Crippen LogP contribution in [0.3, 0.4) is 0 Å². The van der Waals surface area contributed by atoms with Gasteiger partial charge in [0, 0.05) is 12.6 Å². The van der Waals surface area contributed by atoms with Gasteiger partial charge in [-0.2, -0.15) is 0 Å². The fourth-order valence-electron chi connectivity index (χ4n) is 2.40. The molecule has 1 aliphatic rings. The van der Waals surface area contributed by atoms with Gasteiger partial charge in [-0.3, -0.25) is 4.79 Å². The van der Waals surface area contributed by atoms with E-state index in [-0.39, 0.29) is 11.3 Å². The first kappa shape index (κ1) is 15.6. The van der Waals surface area contributed by atoms with Crippen LogP contribution in [0.5, 0.6) is 11.5 Å². The van der Waals surface area contributed by atoms with Crippen molar-refractivity contribution in [3.05, 3.63) is 23.5 Å². The van der Waals surface area contributed by atoms with Crippen molar-refractivity contribution in [3.8, 4) is 11.5 Å². The molecule has 116 valence electrons. The van der Waals surface area contributed by atoms with Crippen LogP contribution in [0.25, 0.3) is 0 Å². The number of nitrogens with two attached hydrogens (primary N) is 1. The van der Waals surface area contributed by atoms with E-state index in [0.29, 0.717) is 18.2 Å². The first-order valence-corrected chi connectivity index (χ1v) is 6.89. The lowest BCUT2D eigenvalue weighted by molar-refractivity contribution is 0.0893. The maximum absolute atomic E-state index is 14.1. The van der Waals surface area contributed by atoms with Crippen LogP contribution in [-0.4, -0.2) is 32.2 Å². The molecule has 1 amide bonds. The molecule has 5 nitrogen and oxygen atoms in total. The van der Waals surface area contributed by atoms with Gasteiger partial charge in [-0.15, -0.1) is 0 Å². The zero-order valence-corrected chi connectivity index (χ0v) is 12.5. The van der Waals surface area contributed by atoms with Crippen LogP contribution in [0.4, 0.5) is 4.39 Å². The first-order valence-electron chi connectivity index (χ1n) is 6.89. The summed E-state index contributed by atoms with van der Waals surface area (Å²) in [6, 6.07) is 2.48. The number of carbonyl (C=O) groups is 1. The molecule has 0 aromatic heterocycles. The number of carbonyl (C=O) groups excluding carboxylic acids is 1. The molecular formula is C15H21FN2O3. The third-order valence-corrected chi connectivity index (χ3v) is 4.02. The Labute approximate surface area is 123 Å². The van der Waals surface area contributed by atoms with Crippen molar-refractivity contribution in [2.45, 2.75) is 25.3 Å². The lowest BCUT2D eigenvalue weighted by Gasteiger charge is -2.29. The van der Waals surface area contributed by atoms with Crippen molar-refractivity contribution in [2.75, 3.05) is 20.8 Å². The summed E-state index contributed by atoms with van der Waals surface area (Å²) >= 11 is 0. The summed E-state index contributed by atoms with van der Waals surface area (Å²) < 4.78 is 24.2. The van der Waals surface area contributed by atoms with E-state index in [1.807, 2.05) is 6.92 Å². The minimum Gasteiger partial charge on any atom is -0.493 e. The molecular weight excluding hydrogens is 275 g/mol. The van der Waals surface area contributed by atoms with Crippen molar-refractivity contribution in [2.24, 2.45) is 11.7 Å². The van der Waals surface area contributed by atoms with E-state index in [2.05, 4.69) is 5.32 Å². The Hall–Kier alpha value is -1.82. The normalized spacial score (nSPS) is 17.0. The summed E-state index contributed by atoms with van der Waals surface area (Å²) in [6.07, 6.45) is 2.06. The maximum atomic E-state index is 14.1. The van der Waals surface area contributed by atoms with Crippen molar-refractivity contribution >= 4 is 5.91 Å². The van der Waals surface area contributed by atoms with E-state index in [1.165, 1.54) is 20.3 Å². The van der Waals surface area contributed by atoms with Crippen LogP contribution in [0, 0.1) is 11.7 Å². The average molecular weight is 296 g/mol. The Morgan fingerprint density at radius 1 is 1.38 bits per heavy atom. The molecule has 0 saturated heterocycles. The highest BCUT2D eigenvalue weighted by atomic mass is 19.1. The summed E-state index contributed by atoms with van der Waals surface area (Å²) in [5.41, 5.74) is 5.18. The van der Waals surface area contributed by atoms with Gasteiger partial charge in [0.1, 0.15) is 5.82 Å². The van der Waals surface area contributed by atoms with Gasteiger partial charge in [-0.1, -0.05) is 0 Å². The summed E-state index contributed by atoms with van der Waals surface area (Å²) in [5, 5.41) is 2.85. The Bertz CT molecular complexity index is 546. The van der Waals surface area contributed by atoms with Gasteiger partial charge in [0.05, 0.1) is 25.3 Å². The van der Waals surface area contributed by atoms with E-state index < -0.39 is 17.3 Å². The smallest absolute Gasteiger partial charge is 0.254 e. The summed E-state index contributed by atoms with van der Waals surface area (Å²) in [4.78, 5) is 12.3. The number of rotatable bonds is 6. The molecule has 1 aromatic rings. The number of ether oxygens (including phenoxy) is 2. The fourth-order valence-corrected chi connectivity index (χ4v) is 2.40. The number of hydrogen-bond acceptors (Lipinski definition) is 4. The SMILES string of the molecule is COc1cc(F)c(C(=O)NC(C)(CN)C2CC2)cc1OC. The van der Waals surface area contributed by atoms with Gasteiger partial charge in [0.25, 0.3) is 5.91 Å². The molecule has 2 rings (SSSR count). The highest BCUT2D eigenvalue weighted by Crippen LogP contribution is 2.39. The van der Waals surface area contributed by atoms with E-state index in [1.54, 1.807) is 0 Å². The second kappa shape index (κ2) is 5.89. The third-order valence-electron chi connectivity index (χ3n) is 4.02. The zero-order chi connectivity index (χ0) is 15.6. The van der Waals surface area contributed by atoms with E-state index in [9.17, 15) is 9.18 Å². The lowest BCUT2D eigenvalue weighted by Crippen LogP contribution is -2.53. The van der Waals surface area contributed by atoms with Crippen LogP contribution in [-0.2, 0) is 0 Å². The van der Waals surface area contributed by atoms with E-state index in [4.69, 9.17) is 15.2 Å². The molecule has 1 fully saturated rings. The Morgan fingerprint density at radius 3 is 2.43 bits per heavy atom. The minimum atomic E-state index is -0.652. The molecule has 3 N–H and O–H groups in total. The molecule has 0 aliphatic heterocycles. The number of benzene rings is 1. The second-order valence-corrected chi connectivity index (χ2v) is 5.54. The average Bonchev–Trinajstić information content (AvgIpc) is 3.31. The Kier molecular flexibility index (Phi) is 4.37. The van der Waals surface area contributed by atoms with Crippen LogP contribution in [0.1, 0.15) is 30.1 Å². The predicted octanol–water partition coefficient (Wildman–Crippen LogP) is 1.70. The Balaban J connectivity index is 2.26. The molecule has 0 bridgehead atoms. The van der Waals surface area contributed by atoms with Gasteiger partial charge in [0.15, 0.2) is 11.5 Å². The first-order chi connectivity index (χ1) is 9.95. The van der Waals surface area contributed by atoms with Gasteiger partial charge in [-0.05, 0) is 31.7 Å². The van der Waals surface area contributed by atoms with E-state index >= 15 is 0 Å². The Morgan fingerprint density at radius 2 is 1.95 bits per heavy atom. The molecule has 0 radical (unpaired) electrons. The van der Waals surface area contributed by atoms with Gasteiger partial charge in [-0.25, -0.2) is 4.39 Å². The summed E-state index contributed by atoms with van der Waals surface area (Å²) in [7, 11) is 2.85. The predicted molar refractivity (Wildman–Crippen MR) is 77.2 cm³/mol. The van der Waals surface area contributed by atoms with Crippen molar-refractivity contribution in [1.29, 1.82) is 0 Å². The molecule has 1 atom stereocenters. The zero-order valence-electron chi connectivity index (χ0n) is 12.5. The van der Waals surface area contributed by atoms with Gasteiger partial charge < -0.3 is 20.5 Å².